The number of carbonyl (C=O) groups is 1. The van der Waals surface area contributed by atoms with Gasteiger partial charge in [0.15, 0.2) is 6.10 Å². The molecule has 0 aromatic heterocycles. The molecule has 0 spiro atoms. The number of hydrogen-bond acceptors (Lipinski definition) is 3. The van der Waals surface area contributed by atoms with Gasteiger partial charge in [-0.15, -0.1) is 0 Å². The molecule has 2 rings (SSSR count). The van der Waals surface area contributed by atoms with Crippen molar-refractivity contribution in [3.05, 3.63) is 47.5 Å². The van der Waals surface area contributed by atoms with Gasteiger partial charge in [-0.2, -0.15) is 0 Å². The Morgan fingerprint density at radius 3 is 2.39 bits per heavy atom. The molecule has 0 aliphatic carbocycles. The minimum Gasteiger partial charge on any atom is -0.497 e. The van der Waals surface area contributed by atoms with E-state index in [1.165, 1.54) is 0 Å². The molecule has 0 fully saturated rings. The first kappa shape index (κ1) is 17.2. The maximum atomic E-state index is 11.8. The Labute approximate surface area is 141 Å². The van der Waals surface area contributed by atoms with Gasteiger partial charge in [0.2, 0.25) is 0 Å². The molecule has 0 aliphatic heterocycles. The van der Waals surface area contributed by atoms with E-state index in [1.807, 2.05) is 43.3 Å². The third-order valence-electron chi connectivity index (χ3n) is 3.33. The smallest absolute Gasteiger partial charge is 0.260 e. The summed E-state index contributed by atoms with van der Waals surface area (Å²) in [6.45, 7) is 4.15. The van der Waals surface area contributed by atoms with E-state index < -0.39 is 6.10 Å². The van der Waals surface area contributed by atoms with Crippen molar-refractivity contribution in [1.29, 1.82) is 0 Å². The molecule has 1 atom stereocenters. The van der Waals surface area contributed by atoms with Gasteiger partial charge >= 0.3 is 0 Å². The fraction of sp³-hybridized carbons (Fsp3) is 0.278. The van der Waals surface area contributed by atoms with Crippen molar-refractivity contribution in [2.24, 2.45) is 0 Å². The van der Waals surface area contributed by atoms with Crippen LogP contribution < -0.4 is 14.8 Å². The standard InChI is InChI=1S/C18H20ClNO3/c1-4-20-18(21)12(2)23-17-10-14(9-16(11-17)22-3)13-5-7-15(19)8-6-13/h5-12H,4H2,1-3H3,(H,20,21). The summed E-state index contributed by atoms with van der Waals surface area (Å²) in [5.41, 5.74) is 1.92. The molecule has 23 heavy (non-hydrogen) atoms. The maximum Gasteiger partial charge on any atom is 0.260 e. The first-order valence-electron chi connectivity index (χ1n) is 7.43. The first-order chi connectivity index (χ1) is 11.0. The number of carbonyl (C=O) groups excluding carboxylic acids is 1. The first-order valence-corrected chi connectivity index (χ1v) is 7.80. The molecule has 0 radical (unpaired) electrons. The van der Waals surface area contributed by atoms with Gasteiger partial charge < -0.3 is 14.8 Å². The highest BCUT2D eigenvalue weighted by molar-refractivity contribution is 6.30. The van der Waals surface area contributed by atoms with Crippen molar-refractivity contribution < 1.29 is 14.3 Å². The van der Waals surface area contributed by atoms with Crippen LogP contribution in [0.25, 0.3) is 11.1 Å². The summed E-state index contributed by atoms with van der Waals surface area (Å²) in [6.07, 6.45) is -0.583. The molecule has 0 heterocycles. The van der Waals surface area contributed by atoms with Crippen molar-refractivity contribution >= 4 is 17.5 Å². The summed E-state index contributed by atoms with van der Waals surface area (Å²) in [5.74, 6) is 1.09. The number of nitrogens with one attached hydrogen (secondary N) is 1. The Morgan fingerprint density at radius 1 is 1.13 bits per heavy atom. The van der Waals surface area contributed by atoms with Crippen molar-refractivity contribution in [2.75, 3.05) is 13.7 Å². The van der Waals surface area contributed by atoms with Crippen molar-refractivity contribution in [1.82, 2.24) is 5.32 Å². The minimum atomic E-state index is -0.583. The lowest BCUT2D eigenvalue weighted by atomic mass is 10.1. The van der Waals surface area contributed by atoms with E-state index in [0.29, 0.717) is 23.1 Å². The number of rotatable bonds is 6. The highest BCUT2D eigenvalue weighted by atomic mass is 35.5. The van der Waals surface area contributed by atoms with E-state index in [0.717, 1.165) is 11.1 Å². The van der Waals surface area contributed by atoms with Crippen molar-refractivity contribution in [3.63, 3.8) is 0 Å². The topological polar surface area (TPSA) is 47.6 Å². The molecule has 2 aromatic rings. The Bertz CT molecular complexity index is 670. The molecule has 0 saturated carbocycles. The van der Waals surface area contributed by atoms with Crippen molar-refractivity contribution in [3.8, 4) is 22.6 Å². The molecular weight excluding hydrogens is 314 g/mol. The van der Waals surface area contributed by atoms with E-state index in [1.54, 1.807) is 20.1 Å². The molecule has 1 amide bonds. The molecule has 5 heteroatoms. The lowest BCUT2D eigenvalue weighted by Crippen LogP contribution is -2.36. The summed E-state index contributed by atoms with van der Waals surface area (Å²) >= 11 is 5.93. The number of amides is 1. The average Bonchev–Trinajstić information content (AvgIpc) is 2.55. The Kier molecular flexibility index (Phi) is 5.88. The summed E-state index contributed by atoms with van der Waals surface area (Å²) in [6, 6.07) is 13.0. The molecule has 2 aromatic carbocycles. The largest absolute Gasteiger partial charge is 0.497 e. The van der Waals surface area contributed by atoms with Crippen LogP contribution >= 0.6 is 11.6 Å². The van der Waals surface area contributed by atoms with E-state index in [-0.39, 0.29) is 5.91 Å². The van der Waals surface area contributed by atoms with Gasteiger partial charge in [0, 0.05) is 17.6 Å². The number of halogens is 1. The Morgan fingerprint density at radius 2 is 1.78 bits per heavy atom. The van der Waals surface area contributed by atoms with Gasteiger partial charge in [-0.3, -0.25) is 4.79 Å². The van der Waals surface area contributed by atoms with Gasteiger partial charge in [0.1, 0.15) is 11.5 Å². The quantitative estimate of drug-likeness (QED) is 0.871. The van der Waals surface area contributed by atoms with E-state index in [9.17, 15) is 4.79 Å². The summed E-state index contributed by atoms with van der Waals surface area (Å²) < 4.78 is 11.1. The van der Waals surface area contributed by atoms with E-state index in [2.05, 4.69) is 5.32 Å². The van der Waals surface area contributed by atoms with E-state index in [4.69, 9.17) is 21.1 Å². The number of likely N-dealkylation sites (N-methyl/N-ethyl adjacent to an activating group) is 1. The van der Waals surface area contributed by atoms with Crippen molar-refractivity contribution in [2.45, 2.75) is 20.0 Å². The molecule has 1 N–H and O–H groups in total. The minimum absolute atomic E-state index is 0.150. The van der Waals surface area contributed by atoms with Crippen LogP contribution in [0, 0.1) is 0 Å². The van der Waals surface area contributed by atoms with Crippen LogP contribution in [-0.2, 0) is 4.79 Å². The third-order valence-corrected chi connectivity index (χ3v) is 3.58. The molecule has 122 valence electrons. The van der Waals surface area contributed by atoms with Crippen LogP contribution in [0.5, 0.6) is 11.5 Å². The summed E-state index contributed by atoms with van der Waals surface area (Å²) in [5, 5.41) is 3.42. The zero-order valence-electron chi connectivity index (χ0n) is 13.4. The summed E-state index contributed by atoms with van der Waals surface area (Å²) in [4.78, 5) is 11.8. The van der Waals surface area contributed by atoms with Crippen LogP contribution in [0.1, 0.15) is 13.8 Å². The second-order valence-electron chi connectivity index (χ2n) is 5.06. The highest BCUT2D eigenvalue weighted by Gasteiger charge is 2.14. The monoisotopic (exact) mass is 333 g/mol. The second-order valence-corrected chi connectivity index (χ2v) is 5.50. The van der Waals surface area contributed by atoms with Gasteiger partial charge in [0.25, 0.3) is 5.91 Å². The van der Waals surface area contributed by atoms with Gasteiger partial charge in [-0.1, -0.05) is 23.7 Å². The lowest BCUT2D eigenvalue weighted by Gasteiger charge is -2.16. The number of benzene rings is 2. The maximum absolute atomic E-state index is 11.8. The second kappa shape index (κ2) is 7.88. The molecule has 0 saturated heterocycles. The zero-order chi connectivity index (χ0) is 16.8. The predicted molar refractivity (Wildman–Crippen MR) is 92.2 cm³/mol. The fourth-order valence-electron chi connectivity index (χ4n) is 2.14. The van der Waals surface area contributed by atoms with Crippen LogP contribution in [0.4, 0.5) is 0 Å². The Balaban J connectivity index is 2.28. The number of ether oxygens (including phenoxy) is 2. The summed E-state index contributed by atoms with van der Waals surface area (Å²) in [7, 11) is 1.60. The van der Waals surface area contributed by atoms with Crippen LogP contribution in [-0.4, -0.2) is 25.7 Å². The molecule has 4 nitrogen and oxygen atoms in total. The van der Waals surface area contributed by atoms with Crippen LogP contribution in [0.3, 0.4) is 0 Å². The van der Waals surface area contributed by atoms with Crippen LogP contribution in [0.2, 0.25) is 5.02 Å². The van der Waals surface area contributed by atoms with Gasteiger partial charge in [-0.05, 0) is 49.2 Å². The molecule has 0 aliphatic rings. The average molecular weight is 334 g/mol. The van der Waals surface area contributed by atoms with E-state index >= 15 is 0 Å². The third kappa shape index (κ3) is 4.63. The molecule has 0 bridgehead atoms. The predicted octanol–water partition coefficient (Wildman–Crippen LogP) is 3.92. The van der Waals surface area contributed by atoms with Gasteiger partial charge in [-0.25, -0.2) is 0 Å². The fourth-order valence-corrected chi connectivity index (χ4v) is 2.27. The lowest BCUT2D eigenvalue weighted by molar-refractivity contribution is -0.127. The SMILES string of the molecule is CCNC(=O)C(C)Oc1cc(OC)cc(-c2ccc(Cl)cc2)c1. The number of methoxy groups -OCH3 is 1. The normalized spacial score (nSPS) is 11.7. The Hall–Kier alpha value is -2.20. The van der Waals surface area contributed by atoms with Crippen LogP contribution in [0.15, 0.2) is 42.5 Å². The molecule has 1 unspecified atom stereocenters. The number of hydrogen-bond donors (Lipinski definition) is 1. The highest BCUT2D eigenvalue weighted by Crippen LogP contribution is 2.31. The zero-order valence-corrected chi connectivity index (χ0v) is 14.2. The van der Waals surface area contributed by atoms with Gasteiger partial charge in [0.05, 0.1) is 7.11 Å². The molecular formula is C18H20ClNO3.